The normalized spacial score (nSPS) is 11.9. The number of pyridine rings is 1. The van der Waals surface area contributed by atoms with Crippen LogP contribution in [-0.2, 0) is 17.8 Å². The van der Waals surface area contributed by atoms with Gasteiger partial charge in [-0.3, -0.25) is 0 Å². The SMILES string of the molecule is COC[C@@H](c1ccccc1)n1c(Cc2cc(F)c(-c3cccc(OCc4ccc(C)cc4F)n3)cc2F)nc2ccc(C(=O)O)cc21. The van der Waals surface area contributed by atoms with Gasteiger partial charge in [-0.1, -0.05) is 48.5 Å². The molecule has 47 heavy (non-hydrogen) atoms. The first kappa shape index (κ1) is 31.5. The summed E-state index contributed by atoms with van der Waals surface area (Å²) in [6.07, 6.45) is -0.0914. The number of aryl methyl sites for hydroxylation is 1. The lowest BCUT2D eigenvalue weighted by Gasteiger charge is -2.22. The molecule has 7 nitrogen and oxygen atoms in total. The Balaban J connectivity index is 1.34. The van der Waals surface area contributed by atoms with Crippen LogP contribution in [0.25, 0.3) is 22.3 Å². The Bertz CT molecular complexity index is 2080. The second-order valence-corrected chi connectivity index (χ2v) is 11.1. The van der Waals surface area contributed by atoms with Gasteiger partial charge in [0.15, 0.2) is 0 Å². The van der Waals surface area contributed by atoms with Gasteiger partial charge in [-0.2, -0.15) is 0 Å². The van der Waals surface area contributed by atoms with Crippen LogP contribution in [0.3, 0.4) is 0 Å². The zero-order valence-electron chi connectivity index (χ0n) is 25.6. The van der Waals surface area contributed by atoms with Crippen molar-refractivity contribution in [1.82, 2.24) is 14.5 Å². The number of aromatic nitrogens is 3. The van der Waals surface area contributed by atoms with Gasteiger partial charge in [-0.15, -0.1) is 0 Å². The van der Waals surface area contributed by atoms with Gasteiger partial charge in [0, 0.05) is 30.7 Å². The van der Waals surface area contributed by atoms with E-state index >= 15 is 8.78 Å². The van der Waals surface area contributed by atoms with Crippen LogP contribution in [-0.4, -0.2) is 39.3 Å². The first-order valence-corrected chi connectivity index (χ1v) is 14.8. The number of hydrogen-bond acceptors (Lipinski definition) is 5. The summed E-state index contributed by atoms with van der Waals surface area (Å²) >= 11 is 0. The third-order valence-electron chi connectivity index (χ3n) is 7.90. The molecule has 1 N–H and O–H groups in total. The minimum absolute atomic E-state index is 0.0488. The average molecular weight is 638 g/mol. The Labute approximate surface area is 268 Å². The molecule has 0 aliphatic rings. The molecular formula is C37H30F3N3O4. The maximum atomic E-state index is 15.8. The molecule has 0 aliphatic carbocycles. The standard InChI is InChI=1S/C37H30F3N3O4/c1-22-11-12-25(28(38)15-22)20-47-36-10-6-9-31(42-36)27-19-29(39)26(16-30(27)40)18-35-41-32-14-13-24(37(44)45)17-33(32)43(35)34(21-46-2)23-7-4-3-5-8-23/h3-17,19,34H,18,20-21H2,1-2H3,(H,44,45)/t34-/m0/s1. The molecule has 0 spiro atoms. The topological polar surface area (TPSA) is 86.5 Å². The summed E-state index contributed by atoms with van der Waals surface area (Å²) in [5.41, 5.74) is 3.22. The molecule has 238 valence electrons. The number of hydrogen-bond donors (Lipinski definition) is 1. The van der Waals surface area contributed by atoms with Crippen molar-refractivity contribution in [3.8, 4) is 17.1 Å². The first-order chi connectivity index (χ1) is 22.7. The van der Waals surface area contributed by atoms with E-state index in [1.54, 1.807) is 44.4 Å². The molecule has 6 rings (SSSR count). The summed E-state index contributed by atoms with van der Waals surface area (Å²) in [6.45, 7) is 1.92. The van der Waals surface area contributed by atoms with Gasteiger partial charge in [0.1, 0.15) is 29.9 Å². The monoisotopic (exact) mass is 637 g/mol. The van der Waals surface area contributed by atoms with Crippen molar-refractivity contribution in [2.45, 2.75) is 26.0 Å². The van der Waals surface area contributed by atoms with Gasteiger partial charge in [0.05, 0.1) is 34.9 Å². The molecular weight excluding hydrogens is 607 g/mol. The van der Waals surface area contributed by atoms with Crippen LogP contribution in [0, 0.1) is 24.4 Å². The number of nitrogens with zero attached hydrogens (tertiary/aromatic N) is 3. The molecule has 10 heteroatoms. The largest absolute Gasteiger partial charge is 0.478 e. The third kappa shape index (κ3) is 6.73. The number of ether oxygens (including phenoxy) is 2. The van der Waals surface area contributed by atoms with Crippen molar-refractivity contribution >= 4 is 17.0 Å². The lowest BCUT2D eigenvalue weighted by molar-refractivity contribution is 0.0697. The van der Waals surface area contributed by atoms with E-state index < -0.39 is 29.5 Å². The lowest BCUT2D eigenvalue weighted by atomic mass is 10.0. The average Bonchev–Trinajstić information content (AvgIpc) is 3.42. The molecule has 0 bridgehead atoms. The number of methoxy groups -OCH3 is 1. The van der Waals surface area contributed by atoms with E-state index in [0.29, 0.717) is 22.4 Å². The molecule has 0 saturated carbocycles. The number of carboxylic acids is 1. The molecule has 2 heterocycles. The number of fused-ring (bicyclic) bond motifs is 1. The zero-order valence-corrected chi connectivity index (χ0v) is 25.6. The number of carboxylic acid groups (broad SMARTS) is 1. The maximum absolute atomic E-state index is 15.8. The van der Waals surface area contributed by atoms with Gasteiger partial charge in [-0.05, 0) is 66.1 Å². The predicted octanol–water partition coefficient (Wildman–Crippen LogP) is 7.93. The fourth-order valence-electron chi connectivity index (χ4n) is 5.56. The molecule has 0 aliphatic heterocycles. The molecule has 0 saturated heterocycles. The van der Waals surface area contributed by atoms with Crippen molar-refractivity contribution in [3.63, 3.8) is 0 Å². The van der Waals surface area contributed by atoms with Gasteiger partial charge < -0.3 is 19.1 Å². The van der Waals surface area contributed by atoms with Crippen LogP contribution in [0.15, 0.2) is 97.1 Å². The summed E-state index contributed by atoms with van der Waals surface area (Å²) in [5, 5.41) is 9.67. The molecule has 4 aromatic carbocycles. The van der Waals surface area contributed by atoms with E-state index in [1.165, 1.54) is 24.3 Å². The highest BCUT2D eigenvalue weighted by atomic mass is 19.1. The van der Waals surface area contributed by atoms with Crippen molar-refractivity contribution in [2.75, 3.05) is 13.7 Å². The Morgan fingerprint density at radius 1 is 0.851 bits per heavy atom. The van der Waals surface area contributed by atoms with Crippen LogP contribution in [0.4, 0.5) is 13.2 Å². The lowest BCUT2D eigenvalue weighted by Crippen LogP contribution is -2.19. The maximum Gasteiger partial charge on any atom is 0.335 e. The van der Waals surface area contributed by atoms with E-state index in [0.717, 1.165) is 23.3 Å². The molecule has 1 atom stereocenters. The summed E-state index contributed by atoms with van der Waals surface area (Å²) in [5.74, 6) is -2.36. The zero-order chi connectivity index (χ0) is 33.1. The molecule has 0 fully saturated rings. The fourth-order valence-corrected chi connectivity index (χ4v) is 5.56. The van der Waals surface area contributed by atoms with Crippen molar-refractivity contribution in [2.24, 2.45) is 0 Å². The number of halogens is 3. The Hall–Kier alpha value is -5.48. The highest BCUT2D eigenvalue weighted by Crippen LogP contribution is 2.31. The molecule has 0 amide bonds. The first-order valence-electron chi connectivity index (χ1n) is 14.8. The van der Waals surface area contributed by atoms with Crippen molar-refractivity contribution < 1.29 is 32.5 Å². The second kappa shape index (κ2) is 13.5. The van der Waals surface area contributed by atoms with Gasteiger partial charge in [-0.25, -0.2) is 27.9 Å². The number of carbonyl (C=O) groups is 1. The number of rotatable bonds is 11. The predicted molar refractivity (Wildman–Crippen MR) is 171 cm³/mol. The number of imidazole rings is 1. The summed E-state index contributed by atoms with van der Waals surface area (Å²) < 4.78 is 58.7. The molecule has 0 radical (unpaired) electrons. The summed E-state index contributed by atoms with van der Waals surface area (Å²) in [4.78, 5) is 20.9. The Kier molecular flexibility index (Phi) is 9.03. The van der Waals surface area contributed by atoms with Gasteiger partial charge >= 0.3 is 5.97 Å². The van der Waals surface area contributed by atoms with Gasteiger partial charge in [0.25, 0.3) is 0 Å². The molecule has 0 unspecified atom stereocenters. The van der Waals surface area contributed by atoms with E-state index in [2.05, 4.69) is 4.98 Å². The Morgan fingerprint density at radius 2 is 1.64 bits per heavy atom. The number of aromatic carboxylic acids is 1. The van der Waals surface area contributed by atoms with Crippen molar-refractivity contribution in [3.05, 3.63) is 148 Å². The summed E-state index contributed by atoms with van der Waals surface area (Å²) in [7, 11) is 1.56. The quantitative estimate of drug-likeness (QED) is 0.155. The third-order valence-corrected chi connectivity index (χ3v) is 7.90. The van der Waals surface area contributed by atoms with Crippen LogP contribution in [0.1, 0.15) is 44.5 Å². The van der Waals surface area contributed by atoms with Crippen LogP contribution < -0.4 is 4.74 Å². The van der Waals surface area contributed by atoms with Crippen molar-refractivity contribution in [1.29, 1.82) is 0 Å². The van der Waals surface area contributed by atoms with Gasteiger partial charge in [0.2, 0.25) is 5.88 Å². The minimum atomic E-state index is -1.10. The smallest absolute Gasteiger partial charge is 0.335 e. The highest BCUT2D eigenvalue weighted by molar-refractivity contribution is 5.92. The Morgan fingerprint density at radius 3 is 2.38 bits per heavy atom. The van der Waals surface area contributed by atoms with Crippen LogP contribution >= 0.6 is 0 Å². The van der Waals surface area contributed by atoms with E-state index in [4.69, 9.17) is 14.5 Å². The van der Waals surface area contributed by atoms with E-state index in [-0.39, 0.29) is 47.9 Å². The van der Waals surface area contributed by atoms with E-state index in [1.807, 2.05) is 34.9 Å². The molecule has 6 aromatic rings. The minimum Gasteiger partial charge on any atom is -0.478 e. The van der Waals surface area contributed by atoms with E-state index in [9.17, 15) is 14.3 Å². The highest BCUT2D eigenvalue weighted by Gasteiger charge is 2.24. The molecule has 2 aromatic heterocycles. The van der Waals surface area contributed by atoms with Crippen LogP contribution in [0.2, 0.25) is 0 Å². The summed E-state index contributed by atoms with van der Waals surface area (Å²) in [6, 6.07) is 25.3. The number of benzene rings is 4. The fraction of sp³-hybridized carbons (Fsp3) is 0.162. The second-order valence-electron chi connectivity index (χ2n) is 11.1. The van der Waals surface area contributed by atoms with Crippen LogP contribution in [0.5, 0.6) is 5.88 Å².